The SMILES string of the molecule is Cc1nc(C(CC(=O)O)C(F)(F)F)oc1C. The number of halogens is 3. The van der Waals surface area contributed by atoms with Gasteiger partial charge in [-0.15, -0.1) is 0 Å². The Balaban J connectivity index is 3.06. The highest BCUT2D eigenvalue weighted by atomic mass is 19.4. The van der Waals surface area contributed by atoms with Crippen LogP contribution in [0.3, 0.4) is 0 Å². The second-order valence-electron chi connectivity index (χ2n) is 3.39. The molecule has 0 radical (unpaired) electrons. The van der Waals surface area contributed by atoms with Gasteiger partial charge in [0.1, 0.15) is 11.7 Å². The predicted octanol–water partition coefficient (Wildman–Crippen LogP) is 2.41. The molecule has 1 rings (SSSR count). The van der Waals surface area contributed by atoms with Gasteiger partial charge < -0.3 is 9.52 Å². The zero-order chi connectivity index (χ0) is 12.5. The van der Waals surface area contributed by atoms with E-state index in [9.17, 15) is 18.0 Å². The zero-order valence-electron chi connectivity index (χ0n) is 8.63. The number of hydrogen-bond acceptors (Lipinski definition) is 3. The van der Waals surface area contributed by atoms with Crippen LogP contribution in [0.4, 0.5) is 13.2 Å². The molecule has 0 saturated carbocycles. The maximum Gasteiger partial charge on any atom is 0.400 e. The number of aromatic nitrogens is 1. The fraction of sp³-hybridized carbons (Fsp3) is 0.556. The van der Waals surface area contributed by atoms with Gasteiger partial charge in [0.25, 0.3) is 0 Å². The van der Waals surface area contributed by atoms with Crippen LogP contribution in [0.5, 0.6) is 0 Å². The normalized spacial score (nSPS) is 13.8. The van der Waals surface area contributed by atoms with Crippen LogP contribution in [0.15, 0.2) is 4.42 Å². The number of carboxylic acids is 1. The van der Waals surface area contributed by atoms with E-state index in [0.29, 0.717) is 5.69 Å². The second kappa shape index (κ2) is 4.15. The number of aliphatic carboxylic acids is 1. The third-order valence-corrected chi connectivity index (χ3v) is 2.12. The molecule has 0 spiro atoms. The summed E-state index contributed by atoms with van der Waals surface area (Å²) in [6.45, 7) is 2.97. The van der Waals surface area contributed by atoms with Gasteiger partial charge in [0, 0.05) is 0 Å². The third-order valence-electron chi connectivity index (χ3n) is 2.12. The summed E-state index contributed by atoms with van der Waals surface area (Å²) in [7, 11) is 0. The highest BCUT2D eigenvalue weighted by molar-refractivity contribution is 5.67. The minimum absolute atomic E-state index is 0.259. The monoisotopic (exact) mass is 237 g/mol. The van der Waals surface area contributed by atoms with E-state index in [1.165, 1.54) is 13.8 Å². The Bertz CT molecular complexity index is 378. The van der Waals surface area contributed by atoms with Crippen LogP contribution in [0.1, 0.15) is 29.7 Å². The standard InChI is InChI=1S/C9H10F3NO3/c1-4-5(2)16-8(13-4)6(3-7(14)15)9(10,11)12/h6H,3H2,1-2H3,(H,14,15). The molecule has 0 aliphatic carbocycles. The summed E-state index contributed by atoms with van der Waals surface area (Å²) in [6.07, 6.45) is -5.76. The first-order valence-electron chi connectivity index (χ1n) is 4.44. The fourth-order valence-electron chi connectivity index (χ4n) is 1.16. The lowest BCUT2D eigenvalue weighted by Crippen LogP contribution is -2.24. The van der Waals surface area contributed by atoms with Crippen LogP contribution in [0, 0.1) is 13.8 Å². The van der Waals surface area contributed by atoms with Crippen molar-refractivity contribution in [2.75, 3.05) is 0 Å². The van der Waals surface area contributed by atoms with Gasteiger partial charge in [0.2, 0.25) is 5.89 Å². The van der Waals surface area contributed by atoms with Crippen molar-refractivity contribution in [1.29, 1.82) is 0 Å². The largest absolute Gasteiger partial charge is 0.481 e. The van der Waals surface area contributed by atoms with Crippen LogP contribution in [0.2, 0.25) is 0 Å². The van der Waals surface area contributed by atoms with Gasteiger partial charge in [0.05, 0.1) is 12.1 Å². The van der Waals surface area contributed by atoms with Crippen LogP contribution in [0.25, 0.3) is 0 Å². The van der Waals surface area contributed by atoms with Gasteiger partial charge in [-0.3, -0.25) is 4.79 Å². The summed E-state index contributed by atoms with van der Waals surface area (Å²) in [6, 6.07) is 0. The molecule has 0 aliphatic rings. The molecule has 7 heteroatoms. The lowest BCUT2D eigenvalue weighted by molar-refractivity contribution is -0.166. The Hall–Kier alpha value is -1.53. The van der Waals surface area contributed by atoms with Crippen molar-refractivity contribution >= 4 is 5.97 Å². The van der Waals surface area contributed by atoms with Gasteiger partial charge in [-0.1, -0.05) is 0 Å². The molecule has 90 valence electrons. The molecule has 0 fully saturated rings. The summed E-state index contributed by atoms with van der Waals surface area (Å²) >= 11 is 0. The zero-order valence-corrected chi connectivity index (χ0v) is 8.63. The molecule has 0 saturated heterocycles. The van der Waals surface area contributed by atoms with E-state index in [2.05, 4.69) is 4.98 Å². The van der Waals surface area contributed by atoms with E-state index in [4.69, 9.17) is 9.52 Å². The number of aryl methyl sites for hydroxylation is 2. The number of oxazole rings is 1. The van der Waals surface area contributed by atoms with Gasteiger partial charge in [-0.25, -0.2) is 4.98 Å². The molecular weight excluding hydrogens is 227 g/mol. The molecule has 1 unspecified atom stereocenters. The van der Waals surface area contributed by atoms with Crippen molar-refractivity contribution in [1.82, 2.24) is 4.98 Å². The van der Waals surface area contributed by atoms with Crippen molar-refractivity contribution < 1.29 is 27.5 Å². The predicted molar refractivity (Wildman–Crippen MR) is 47.0 cm³/mol. The summed E-state index contributed by atoms with van der Waals surface area (Å²) in [5, 5.41) is 8.42. The first kappa shape index (κ1) is 12.5. The molecule has 1 heterocycles. The van der Waals surface area contributed by atoms with Crippen LogP contribution < -0.4 is 0 Å². The number of hydrogen-bond donors (Lipinski definition) is 1. The smallest absolute Gasteiger partial charge is 0.400 e. The van der Waals surface area contributed by atoms with Crippen molar-refractivity contribution in [2.24, 2.45) is 0 Å². The maximum absolute atomic E-state index is 12.5. The van der Waals surface area contributed by atoms with E-state index in [-0.39, 0.29) is 5.76 Å². The highest BCUT2D eigenvalue weighted by Crippen LogP contribution is 2.37. The Morgan fingerprint density at radius 2 is 2.06 bits per heavy atom. The summed E-state index contributed by atoms with van der Waals surface area (Å²) in [5.74, 6) is -4.08. The highest BCUT2D eigenvalue weighted by Gasteiger charge is 2.45. The third kappa shape index (κ3) is 2.74. The van der Waals surface area contributed by atoms with Gasteiger partial charge in [-0.05, 0) is 13.8 Å². The van der Waals surface area contributed by atoms with E-state index < -0.39 is 30.4 Å². The second-order valence-corrected chi connectivity index (χ2v) is 3.39. The van der Waals surface area contributed by atoms with E-state index in [1.54, 1.807) is 0 Å². The molecule has 4 nitrogen and oxygen atoms in total. The van der Waals surface area contributed by atoms with Crippen molar-refractivity contribution in [3.63, 3.8) is 0 Å². The number of carbonyl (C=O) groups is 1. The summed E-state index contributed by atoms with van der Waals surface area (Å²) in [4.78, 5) is 13.9. The first-order valence-corrected chi connectivity index (χ1v) is 4.44. The van der Waals surface area contributed by atoms with Gasteiger partial charge in [0.15, 0.2) is 0 Å². The average Bonchev–Trinajstić information content (AvgIpc) is 2.40. The summed E-state index contributed by atoms with van der Waals surface area (Å²) < 4.78 is 42.4. The number of rotatable bonds is 3. The molecule has 0 bridgehead atoms. The Labute approximate surface area is 89.1 Å². The molecule has 1 atom stereocenters. The Morgan fingerprint density at radius 3 is 2.38 bits per heavy atom. The van der Waals surface area contributed by atoms with Crippen molar-refractivity contribution in [2.45, 2.75) is 32.4 Å². The fourth-order valence-corrected chi connectivity index (χ4v) is 1.16. The first-order chi connectivity index (χ1) is 7.21. The van der Waals surface area contributed by atoms with E-state index in [0.717, 1.165) is 0 Å². The molecule has 16 heavy (non-hydrogen) atoms. The quantitative estimate of drug-likeness (QED) is 0.876. The molecule has 0 amide bonds. The molecule has 1 aromatic rings. The minimum Gasteiger partial charge on any atom is -0.481 e. The molecule has 0 aromatic carbocycles. The van der Waals surface area contributed by atoms with Crippen LogP contribution in [-0.2, 0) is 4.79 Å². The maximum atomic E-state index is 12.5. The average molecular weight is 237 g/mol. The Morgan fingerprint density at radius 1 is 1.50 bits per heavy atom. The number of carboxylic acid groups (broad SMARTS) is 1. The molecule has 1 N–H and O–H groups in total. The number of nitrogens with zero attached hydrogens (tertiary/aromatic N) is 1. The van der Waals surface area contributed by atoms with E-state index >= 15 is 0 Å². The number of alkyl halides is 3. The lowest BCUT2D eigenvalue weighted by Gasteiger charge is -2.14. The van der Waals surface area contributed by atoms with Gasteiger partial charge >= 0.3 is 12.1 Å². The molecule has 0 aliphatic heterocycles. The topological polar surface area (TPSA) is 63.3 Å². The molecule has 1 aromatic heterocycles. The van der Waals surface area contributed by atoms with Crippen molar-refractivity contribution in [3.8, 4) is 0 Å². The lowest BCUT2D eigenvalue weighted by atomic mass is 10.1. The summed E-state index contributed by atoms with van der Waals surface area (Å²) in [5.41, 5.74) is 0.328. The van der Waals surface area contributed by atoms with Crippen LogP contribution >= 0.6 is 0 Å². The Kier molecular flexibility index (Phi) is 3.25. The van der Waals surface area contributed by atoms with E-state index in [1.807, 2.05) is 0 Å². The van der Waals surface area contributed by atoms with Crippen LogP contribution in [-0.4, -0.2) is 22.2 Å². The van der Waals surface area contributed by atoms with Gasteiger partial charge in [-0.2, -0.15) is 13.2 Å². The van der Waals surface area contributed by atoms with Crippen molar-refractivity contribution in [3.05, 3.63) is 17.3 Å². The minimum atomic E-state index is -4.68. The molecular formula is C9H10F3NO3.